The number of rotatable bonds is 4. The van der Waals surface area contributed by atoms with E-state index < -0.39 is 58.7 Å². The maximum Gasteiger partial charge on any atom is 0.230 e. The number of phenols is 1. The summed E-state index contributed by atoms with van der Waals surface area (Å²) in [7, 11) is 4.74. The van der Waals surface area contributed by atoms with Crippen molar-refractivity contribution < 1.29 is 39.5 Å². The first-order chi connectivity index (χ1) is 17.9. The molecule has 1 aromatic carbocycles. The summed E-state index contributed by atoms with van der Waals surface area (Å²) < 4.78 is 5.47. The molecule has 0 saturated heterocycles. The van der Waals surface area contributed by atoms with Crippen LogP contribution in [0.1, 0.15) is 22.3 Å². The first-order valence-electron chi connectivity index (χ1n) is 12.2. The summed E-state index contributed by atoms with van der Waals surface area (Å²) in [5, 5.41) is 44.8. The zero-order chi connectivity index (χ0) is 27.7. The first kappa shape index (κ1) is 25.8. The van der Waals surface area contributed by atoms with Gasteiger partial charge < -0.3 is 35.8 Å². The number of aromatic nitrogens is 1. The minimum Gasteiger partial charge on any atom is -0.508 e. The lowest BCUT2D eigenvalue weighted by Gasteiger charge is -2.53. The number of carbonyl (C=O) groups excluding carboxylic acids is 3. The summed E-state index contributed by atoms with van der Waals surface area (Å²) >= 11 is 0. The van der Waals surface area contributed by atoms with Gasteiger partial charge in [-0.05, 0) is 56.1 Å². The fourth-order valence-corrected chi connectivity index (χ4v) is 6.62. The van der Waals surface area contributed by atoms with E-state index in [4.69, 9.17) is 10.5 Å². The molecule has 11 heteroatoms. The number of phenolic OH excluding ortho intramolecular Hbond substituents is 1. The largest absolute Gasteiger partial charge is 0.508 e. The van der Waals surface area contributed by atoms with Crippen LogP contribution < -0.4 is 10.5 Å². The van der Waals surface area contributed by atoms with Crippen molar-refractivity contribution in [1.29, 1.82) is 0 Å². The lowest BCUT2D eigenvalue weighted by Crippen LogP contribution is -2.71. The third-order valence-electron chi connectivity index (χ3n) is 8.27. The number of carbonyl (C=O) groups is 3. The van der Waals surface area contributed by atoms with Crippen molar-refractivity contribution in [2.24, 2.45) is 23.5 Å². The van der Waals surface area contributed by atoms with Gasteiger partial charge in [0.15, 0.2) is 17.2 Å². The Balaban J connectivity index is 1.72. The third kappa shape index (κ3) is 3.39. The molecule has 2 aromatic rings. The van der Waals surface area contributed by atoms with E-state index in [9.17, 15) is 34.8 Å². The van der Waals surface area contributed by atoms with Gasteiger partial charge in [-0.15, -0.1) is 0 Å². The van der Waals surface area contributed by atoms with Crippen LogP contribution in [0.15, 0.2) is 41.9 Å². The van der Waals surface area contributed by atoms with E-state index in [0.717, 1.165) is 0 Å². The number of amides is 1. The zero-order valence-corrected chi connectivity index (χ0v) is 21.1. The van der Waals surface area contributed by atoms with E-state index in [0.29, 0.717) is 22.4 Å². The fraction of sp³-hybridized carbons (Fsp3) is 0.407. The van der Waals surface area contributed by atoms with Gasteiger partial charge in [-0.25, -0.2) is 0 Å². The average molecular weight is 524 g/mol. The van der Waals surface area contributed by atoms with Crippen LogP contribution in [-0.4, -0.2) is 86.7 Å². The van der Waals surface area contributed by atoms with Crippen LogP contribution in [0, 0.1) is 17.8 Å². The van der Waals surface area contributed by atoms with E-state index in [1.807, 2.05) is 0 Å². The number of allylic oxidation sites excluding steroid dienone is 1. The molecule has 5 rings (SSSR count). The fourth-order valence-electron chi connectivity index (χ4n) is 6.62. The SMILES string of the molecule is COc1ccncc1-c1ccc(O)c2c1C[C@H]1C[C@H]3[C@H](N(C)C)C(O)C(C(N)=O)C(=O)[C@@]3(O)C(O)=C1C2=O. The predicted octanol–water partition coefficient (Wildman–Crippen LogP) is 0.356. The molecule has 0 bridgehead atoms. The van der Waals surface area contributed by atoms with Gasteiger partial charge in [0.05, 0.1) is 18.8 Å². The van der Waals surface area contributed by atoms with Crippen molar-refractivity contribution >= 4 is 17.5 Å². The highest BCUT2D eigenvalue weighted by Gasteiger charge is 2.66. The lowest BCUT2D eigenvalue weighted by atomic mass is 9.55. The van der Waals surface area contributed by atoms with Crippen molar-refractivity contribution in [3.8, 4) is 22.6 Å². The number of primary amides is 1. The summed E-state index contributed by atoms with van der Waals surface area (Å²) in [5.74, 6) is -7.21. The molecule has 1 saturated carbocycles. The number of ether oxygens (including phenoxy) is 1. The number of likely N-dealkylation sites (N-methyl/N-ethyl adjacent to an activating group) is 1. The van der Waals surface area contributed by atoms with Crippen LogP contribution in [0.4, 0.5) is 0 Å². The number of benzene rings is 1. The van der Waals surface area contributed by atoms with Crippen molar-refractivity contribution in [1.82, 2.24) is 9.88 Å². The van der Waals surface area contributed by atoms with Crippen LogP contribution in [0.2, 0.25) is 0 Å². The quantitative estimate of drug-likeness (QED) is 0.351. The van der Waals surface area contributed by atoms with Gasteiger partial charge in [-0.1, -0.05) is 6.07 Å². The molecule has 38 heavy (non-hydrogen) atoms. The van der Waals surface area contributed by atoms with Crippen LogP contribution >= 0.6 is 0 Å². The highest BCUT2D eigenvalue weighted by molar-refractivity contribution is 6.16. The smallest absolute Gasteiger partial charge is 0.230 e. The van der Waals surface area contributed by atoms with Gasteiger partial charge in [0.25, 0.3) is 0 Å². The van der Waals surface area contributed by atoms with Gasteiger partial charge in [-0.3, -0.25) is 19.4 Å². The Morgan fingerprint density at radius 2 is 1.89 bits per heavy atom. The van der Waals surface area contributed by atoms with Gasteiger partial charge in [-0.2, -0.15) is 0 Å². The number of pyridine rings is 1. The van der Waals surface area contributed by atoms with Gasteiger partial charge in [0.1, 0.15) is 23.2 Å². The van der Waals surface area contributed by atoms with E-state index in [2.05, 4.69) is 4.98 Å². The summed E-state index contributed by atoms with van der Waals surface area (Å²) in [6.45, 7) is 0. The molecule has 11 nitrogen and oxygen atoms in total. The molecule has 6 N–H and O–H groups in total. The Labute approximate surface area is 218 Å². The zero-order valence-electron chi connectivity index (χ0n) is 21.1. The number of aliphatic hydroxyl groups excluding tert-OH is 2. The van der Waals surface area contributed by atoms with Crippen LogP contribution in [0.25, 0.3) is 11.1 Å². The van der Waals surface area contributed by atoms with E-state index in [1.165, 1.54) is 13.2 Å². The average Bonchev–Trinajstić information content (AvgIpc) is 2.86. The molecule has 0 aliphatic heterocycles. The van der Waals surface area contributed by atoms with E-state index >= 15 is 0 Å². The molecule has 1 fully saturated rings. The molecular formula is C27H29N3O8. The number of nitrogens with zero attached hydrogens (tertiary/aromatic N) is 2. The van der Waals surface area contributed by atoms with Gasteiger partial charge in [0.2, 0.25) is 5.91 Å². The number of hydrogen-bond acceptors (Lipinski definition) is 10. The number of fused-ring (bicyclic) bond motifs is 3. The first-order valence-corrected chi connectivity index (χ1v) is 12.2. The third-order valence-corrected chi connectivity index (χ3v) is 8.27. The van der Waals surface area contributed by atoms with E-state index in [1.54, 1.807) is 43.5 Å². The number of aliphatic hydroxyl groups is 3. The Morgan fingerprint density at radius 1 is 1.18 bits per heavy atom. The molecule has 1 amide bonds. The Kier molecular flexibility index (Phi) is 6.05. The predicted molar refractivity (Wildman–Crippen MR) is 133 cm³/mol. The summed E-state index contributed by atoms with van der Waals surface area (Å²) in [5.41, 5.74) is 4.24. The Hall–Kier alpha value is -3.80. The minimum atomic E-state index is -2.62. The second-order valence-electron chi connectivity index (χ2n) is 10.4. The second kappa shape index (κ2) is 8.90. The van der Waals surface area contributed by atoms with Gasteiger partial charge >= 0.3 is 0 Å². The second-order valence-corrected chi connectivity index (χ2v) is 10.4. The van der Waals surface area contributed by atoms with E-state index in [-0.39, 0.29) is 29.7 Å². The van der Waals surface area contributed by atoms with Gasteiger partial charge in [0, 0.05) is 35.5 Å². The van der Waals surface area contributed by atoms with Crippen molar-refractivity contribution in [2.45, 2.75) is 30.6 Å². The Bertz CT molecular complexity index is 1400. The highest BCUT2D eigenvalue weighted by atomic mass is 16.5. The monoisotopic (exact) mass is 523 g/mol. The van der Waals surface area contributed by atoms with Crippen molar-refractivity contribution in [2.75, 3.05) is 21.2 Å². The number of aromatic hydroxyl groups is 1. The summed E-state index contributed by atoms with van der Waals surface area (Å²) in [6.07, 6.45) is 1.84. The minimum absolute atomic E-state index is 0.0392. The number of hydrogen-bond donors (Lipinski definition) is 5. The molecule has 2 unspecified atom stereocenters. The van der Waals surface area contributed by atoms with Crippen LogP contribution in [-0.2, 0) is 16.0 Å². The Morgan fingerprint density at radius 3 is 2.53 bits per heavy atom. The van der Waals surface area contributed by atoms with Crippen molar-refractivity contribution in [3.63, 3.8) is 0 Å². The molecule has 1 heterocycles. The summed E-state index contributed by atoms with van der Waals surface area (Å²) in [4.78, 5) is 45.1. The maximum absolute atomic E-state index is 13.8. The number of ketones is 2. The van der Waals surface area contributed by atoms with Crippen molar-refractivity contribution in [3.05, 3.63) is 53.1 Å². The molecule has 3 aliphatic carbocycles. The molecule has 0 spiro atoms. The van der Waals surface area contributed by atoms with Crippen LogP contribution in [0.5, 0.6) is 11.5 Å². The molecule has 1 aromatic heterocycles. The molecule has 3 aliphatic rings. The lowest BCUT2D eigenvalue weighted by molar-refractivity contribution is -0.178. The number of nitrogens with two attached hydrogens (primary N) is 1. The standard InChI is InChI=1S/C27H29N3O8/c1-30(2)21-15-9-11-8-13-12(14-10-29-7-6-17(14)38-3)4-5-16(31)19(13)22(32)18(11)24(34)27(15,37)25(35)20(23(21)33)26(28)36/h4-7,10-11,15,20-21,23,31,33-34,37H,8-9H2,1-3H3,(H2,28,36)/t11-,15-,20?,21-,23?,27-/m0/s1. The summed E-state index contributed by atoms with van der Waals surface area (Å²) in [6, 6.07) is 3.74. The normalized spacial score (nSPS) is 30.5. The highest BCUT2D eigenvalue weighted by Crippen LogP contribution is 2.53. The molecule has 200 valence electrons. The molecule has 6 atom stereocenters. The topological polar surface area (TPSA) is 184 Å². The molecular weight excluding hydrogens is 494 g/mol. The number of Topliss-reactive ketones (excluding diaryl/α,β-unsaturated/α-hetero) is 2. The van der Waals surface area contributed by atoms with Crippen LogP contribution in [0.3, 0.4) is 0 Å². The molecule has 0 radical (unpaired) electrons. The maximum atomic E-state index is 13.8. The number of methoxy groups -OCH3 is 1.